The molecule has 0 saturated carbocycles. The van der Waals surface area contributed by atoms with Crippen molar-refractivity contribution in [1.29, 1.82) is 0 Å². The van der Waals surface area contributed by atoms with Gasteiger partial charge in [0, 0.05) is 26.2 Å². The first-order valence-electron chi connectivity index (χ1n) is 7.76. The summed E-state index contributed by atoms with van der Waals surface area (Å²) in [6.07, 6.45) is 6.00. The molecule has 0 bridgehead atoms. The van der Waals surface area contributed by atoms with E-state index in [1.807, 2.05) is 0 Å². The molecule has 0 spiro atoms. The third kappa shape index (κ3) is 3.71. The van der Waals surface area contributed by atoms with Crippen molar-refractivity contribution in [3.05, 3.63) is 0 Å². The third-order valence-electron chi connectivity index (χ3n) is 3.71. The average molecular weight is 278 g/mol. The number of piperidine rings is 1. The highest BCUT2D eigenvalue weighted by molar-refractivity contribution is 5.43. The SMILES string of the molecule is CCCCN(CC)c1nc(N)nc(N2CCCCC2)n1. The molecule has 6 heteroatoms. The van der Waals surface area contributed by atoms with Gasteiger partial charge in [0.2, 0.25) is 17.8 Å². The fourth-order valence-electron chi connectivity index (χ4n) is 2.49. The van der Waals surface area contributed by atoms with Crippen LogP contribution in [-0.4, -0.2) is 41.1 Å². The van der Waals surface area contributed by atoms with Crippen LogP contribution in [0.3, 0.4) is 0 Å². The molecular formula is C14H26N6. The van der Waals surface area contributed by atoms with Gasteiger partial charge in [-0.3, -0.25) is 0 Å². The Morgan fingerprint density at radius 2 is 1.85 bits per heavy atom. The first kappa shape index (κ1) is 14.8. The lowest BCUT2D eigenvalue weighted by Gasteiger charge is -2.28. The molecule has 1 aliphatic heterocycles. The van der Waals surface area contributed by atoms with E-state index >= 15 is 0 Å². The van der Waals surface area contributed by atoms with Gasteiger partial charge in [0.1, 0.15) is 0 Å². The molecule has 2 rings (SSSR count). The van der Waals surface area contributed by atoms with Gasteiger partial charge in [-0.2, -0.15) is 15.0 Å². The summed E-state index contributed by atoms with van der Waals surface area (Å²) in [5, 5.41) is 0. The van der Waals surface area contributed by atoms with E-state index in [2.05, 4.69) is 38.6 Å². The molecule has 1 saturated heterocycles. The molecule has 112 valence electrons. The van der Waals surface area contributed by atoms with Gasteiger partial charge in [0.05, 0.1) is 0 Å². The van der Waals surface area contributed by atoms with Crippen LogP contribution in [0, 0.1) is 0 Å². The quantitative estimate of drug-likeness (QED) is 0.859. The Hall–Kier alpha value is -1.59. The number of nitrogens with zero attached hydrogens (tertiary/aromatic N) is 5. The molecule has 0 atom stereocenters. The van der Waals surface area contributed by atoms with Crippen LogP contribution in [-0.2, 0) is 0 Å². The van der Waals surface area contributed by atoms with E-state index in [1.165, 1.54) is 19.3 Å². The van der Waals surface area contributed by atoms with E-state index in [0.717, 1.165) is 45.0 Å². The highest BCUT2D eigenvalue weighted by Crippen LogP contribution is 2.19. The van der Waals surface area contributed by atoms with E-state index in [-0.39, 0.29) is 0 Å². The van der Waals surface area contributed by atoms with Gasteiger partial charge in [0.25, 0.3) is 0 Å². The summed E-state index contributed by atoms with van der Waals surface area (Å²) < 4.78 is 0. The molecule has 1 aromatic rings. The molecule has 0 unspecified atom stereocenters. The van der Waals surface area contributed by atoms with Crippen LogP contribution in [0.4, 0.5) is 17.8 Å². The van der Waals surface area contributed by atoms with Crippen LogP contribution in [0.2, 0.25) is 0 Å². The van der Waals surface area contributed by atoms with E-state index in [9.17, 15) is 0 Å². The van der Waals surface area contributed by atoms with Gasteiger partial charge in [0.15, 0.2) is 0 Å². The van der Waals surface area contributed by atoms with Crippen molar-refractivity contribution in [2.24, 2.45) is 0 Å². The lowest BCUT2D eigenvalue weighted by molar-refractivity contribution is 0.567. The molecule has 0 amide bonds. The van der Waals surface area contributed by atoms with E-state index in [1.54, 1.807) is 0 Å². The number of nitrogens with two attached hydrogens (primary N) is 1. The second kappa shape index (κ2) is 7.26. The predicted octanol–water partition coefficient (Wildman–Crippen LogP) is 2.07. The number of aromatic nitrogens is 3. The Bertz CT molecular complexity index is 416. The monoisotopic (exact) mass is 278 g/mol. The molecule has 0 aliphatic carbocycles. The molecule has 1 aromatic heterocycles. The minimum absolute atomic E-state index is 0.325. The normalized spacial score (nSPS) is 15.4. The van der Waals surface area contributed by atoms with Crippen LogP contribution < -0.4 is 15.5 Å². The van der Waals surface area contributed by atoms with Gasteiger partial charge in [-0.15, -0.1) is 0 Å². The summed E-state index contributed by atoms with van der Waals surface area (Å²) in [5.74, 6) is 1.78. The number of hydrogen-bond donors (Lipinski definition) is 1. The predicted molar refractivity (Wildman–Crippen MR) is 83.1 cm³/mol. The minimum Gasteiger partial charge on any atom is -0.368 e. The number of unbranched alkanes of at least 4 members (excludes halogenated alkanes) is 1. The summed E-state index contributed by atoms with van der Waals surface area (Å²) in [6, 6.07) is 0. The first-order valence-corrected chi connectivity index (χ1v) is 7.76. The molecule has 2 heterocycles. The average Bonchev–Trinajstić information content (AvgIpc) is 2.48. The molecule has 6 nitrogen and oxygen atoms in total. The summed E-state index contributed by atoms with van der Waals surface area (Å²) in [6.45, 7) is 8.21. The van der Waals surface area contributed by atoms with Crippen LogP contribution in [0.1, 0.15) is 46.0 Å². The molecule has 0 radical (unpaired) electrons. The van der Waals surface area contributed by atoms with Crippen molar-refractivity contribution in [2.75, 3.05) is 41.7 Å². The van der Waals surface area contributed by atoms with Gasteiger partial charge in [-0.05, 0) is 32.6 Å². The molecule has 20 heavy (non-hydrogen) atoms. The highest BCUT2D eigenvalue weighted by Gasteiger charge is 2.17. The van der Waals surface area contributed by atoms with Crippen molar-refractivity contribution >= 4 is 17.8 Å². The topological polar surface area (TPSA) is 71.2 Å². The van der Waals surface area contributed by atoms with Crippen molar-refractivity contribution < 1.29 is 0 Å². The lowest BCUT2D eigenvalue weighted by atomic mass is 10.1. The number of hydrogen-bond acceptors (Lipinski definition) is 6. The van der Waals surface area contributed by atoms with E-state index in [0.29, 0.717) is 11.9 Å². The van der Waals surface area contributed by atoms with Crippen molar-refractivity contribution in [3.8, 4) is 0 Å². The summed E-state index contributed by atoms with van der Waals surface area (Å²) in [4.78, 5) is 17.6. The summed E-state index contributed by atoms with van der Waals surface area (Å²) >= 11 is 0. The third-order valence-corrected chi connectivity index (χ3v) is 3.71. The minimum atomic E-state index is 0.325. The Morgan fingerprint density at radius 1 is 1.10 bits per heavy atom. The van der Waals surface area contributed by atoms with E-state index < -0.39 is 0 Å². The van der Waals surface area contributed by atoms with Crippen molar-refractivity contribution in [2.45, 2.75) is 46.0 Å². The van der Waals surface area contributed by atoms with Crippen LogP contribution in [0.25, 0.3) is 0 Å². The van der Waals surface area contributed by atoms with Crippen molar-refractivity contribution in [3.63, 3.8) is 0 Å². The van der Waals surface area contributed by atoms with Crippen LogP contribution >= 0.6 is 0 Å². The van der Waals surface area contributed by atoms with Gasteiger partial charge >= 0.3 is 0 Å². The largest absolute Gasteiger partial charge is 0.368 e. The highest BCUT2D eigenvalue weighted by atomic mass is 15.3. The van der Waals surface area contributed by atoms with Gasteiger partial charge in [-0.1, -0.05) is 13.3 Å². The number of nitrogen functional groups attached to an aromatic ring is 1. The maximum Gasteiger partial charge on any atom is 0.231 e. The van der Waals surface area contributed by atoms with E-state index in [4.69, 9.17) is 5.73 Å². The maximum absolute atomic E-state index is 5.87. The van der Waals surface area contributed by atoms with Crippen LogP contribution in [0.15, 0.2) is 0 Å². The van der Waals surface area contributed by atoms with Gasteiger partial charge < -0.3 is 15.5 Å². The Morgan fingerprint density at radius 3 is 2.50 bits per heavy atom. The Labute approximate surface area is 121 Å². The summed E-state index contributed by atoms with van der Waals surface area (Å²) in [5.41, 5.74) is 5.87. The molecular weight excluding hydrogens is 252 g/mol. The molecule has 2 N–H and O–H groups in total. The number of anilines is 3. The lowest BCUT2D eigenvalue weighted by Crippen LogP contribution is -2.33. The zero-order valence-electron chi connectivity index (χ0n) is 12.7. The second-order valence-electron chi connectivity index (χ2n) is 5.27. The Balaban J connectivity index is 2.17. The Kier molecular flexibility index (Phi) is 5.38. The zero-order chi connectivity index (χ0) is 14.4. The molecule has 1 aliphatic rings. The second-order valence-corrected chi connectivity index (χ2v) is 5.27. The van der Waals surface area contributed by atoms with Crippen LogP contribution in [0.5, 0.6) is 0 Å². The molecule has 1 fully saturated rings. The summed E-state index contributed by atoms with van der Waals surface area (Å²) in [7, 11) is 0. The maximum atomic E-state index is 5.87. The smallest absolute Gasteiger partial charge is 0.231 e. The fraction of sp³-hybridized carbons (Fsp3) is 0.786. The molecule has 0 aromatic carbocycles. The van der Waals surface area contributed by atoms with Gasteiger partial charge in [-0.25, -0.2) is 0 Å². The number of rotatable bonds is 6. The first-order chi connectivity index (χ1) is 9.74. The zero-order valence-corrected chi connectivity index (χ0v) is 12.7. The fourth-order valence-corrected chi connectivity index (χ4v) is 2.49. The standard InChI is InChI=1S/C14H26N6/c1-3-5-9-19(4-2)13-16-12(15)17-14(18-13)20-10-7-6-8-11-20/h3-11H2,1-2H3,(H2,15,16,17,18). The van der Waals surface area contributed by atoms with Crippen molar-refractivity contribution in [1.82, 2.24) is 15.0 Å².